The number of H-pyrrole nitrogens is 2. The number of aliphatic hydroxyl groups excluding tert-OH is 1. The fourth-order valence-electron chi connectivity index (χ4n) is 2.92. The third kappa shape index (κ3) is 4.26. The summed E-state index contributed by atoms with van der Waals surface area (Å²) >= 11 is 0. The molecular weight excluding hydrogens is 404 g/mol. The molecule has 0 bridgehead atoms. The van der Waals surface area contributed by atoms with Gasteiger partial charge in [0, 0.05) is 5.71 Å². The Morgan fingerprint density at radius 2 is 1.29 bits per heavy atom. The highest BCUT2D eigenvalue weighted by atomic mass is 16.3. The second kappa shape index (κ2) is 7.50. The van der Waals surface area contributed by atoms with Gasteiger partial charge in [-0.3, -0.25) is 19.6 Å². The van der Waals surface area contributed by atoms with E-state index in [1.54, 1.807) is 0 Å². The molecule has 2 aliphatic heterocycles. The molecule has 0 aromatic carbocycles. The van der Waals surface area contributed by atoms with E-state index >= 15 is 0 Å². The number of nitrogens with zero attached hydrogens (tertiary/aromatic N) is 4. The fourth-order valence-corrected chi connectivity index (χ4v) is 2.92. The van der Waals surface area contributed by atoms with Gasteiger partial charge in [0.2, 0.25) is 11.9 Å². The van der Waals surface area contributed by atoms with Gasteiger partial charge >= 0.3 is 0 Å². The first-order valence-electron chi connectivity index (χ1n) is 9.44. The molecule has 13 nitrogen and oxygen atoms in total. The van der Waals surface area contributed by atoms with Crippen LogP contribution in [-0.4, -0.2) is 54.2 Å². The summed E-state index contributed by atoms with van der Waals surface area (Å²) < 4.78 is 0. The zero-order chi connectivity index (χ0) is 23.1. The maximum Gasteiger partial charge on any atom is 0.280 e. The van der Waals surface area contributed by atoms with E-state index in [9.17, 15) is 9.59 Å². The van der Waals surface area contributed by atoms with E-state index in [1.165, 1.54) is 0 Å². The van der Waals surface area contributed by atoms with Crippen LogP contribution in [0.25, 0.3) is 0 Å². The van der Waals surface area contributed by atoms with E-state index in [-0.39, 0.29) is 35.3 Å². The number of hydrogen-bond donors (Lipinski definition) is 7. The van der Waals surface area contributed by atoms with Crippen molar-refractivity contribution in [2.24, 2.45) is 9.98 Å². The Bertz CT molecular complexity index is 1210. The summed E-state index contributed by atoms with van der Waals surface area (Å²) in [5.74, 6) is 0.904. The number of fused-ring (bicyclic) bond motifs is 2. The second-order valence-corrected chi connectivity index (χ2v) is 8.21. The van der Waals surface area contributed by atoms with Crippen molar-refractivity contribution >= 4 is 46.3 Å². The van der Waals surface area contributed by atoms with Gasteiger partial charge in [-0.25, -0.2) is 9.98 Å². The number of nitrogens with two attached hydrogens (primary N) is 2. The van der Waals surface area contributed by atoms with Gasteiger partial charge in [-0.1, -0.05) is 0 Å². The van der Waals surface area contributed by atoms with Gasteiger partial charge in [-0.15, -0.1) is 0 Å². The minimum atomic E-state index is -0.547. The summed E-state index contributed by atoms with van der Waals surface area (Å²) in [6.45, 7) is 9.25. The molecule has 2 aliphatic rings. The van der Waals surface area contributed by atoms with Crippen LogP contribution in [0.5, 0.6) is 0 Å². The van der Waals surface area contributed by atoms with Crippen LogP contribution in [0.2, 0.25) is 0 Å². The molecule has 0 saturated carbocycles. The average molecular weight is 430 g/mol. The largest absolute Gasteiger partial charge is 0.390 e. The zero-order valence-electron chi connectivity index (χ0n) is 17.9. The van der Waals surface area contributed by atoms with E-state index in [2.05, 4.69) is 40.6 Å². The van der Waals surface area contributed by atoms with Crippen LogP contribution < -0.4 is 33.2 Å². The lowest BCUT2D eigenvalue weighted by atomic mass is 9.97. The Hall–Kier alpha value is -3.74. The number of nitrogen functional groups attached to an aromatic ring is 2. The van der Waals surface area contributed by atoms with Crippen molar-refractivity contribution in [1.29, 1.82) is 0 Å². The summed E-state index contributed by atoms with van der Waals surface area (Å²) in [6, 6.07) is 0. The summed E-state index contributed by atoms with van der Waals surface area (Å²) in [6.07, 6.45) is 0. The van der Waals surface area contributed by atoms with E-state index < -0.39 is 11.1 Å². The first kappa shape index (κ1) is 22.0. The third-order valence-electron chi connectivity index (χ3n) is 4.99. The van der Waals surface area contributed by atoms with Gasteiger partial charge in [0.25, 0.3) is 11.1 Å². The predicted molar refractivity (Wildman–Crippen MR) is 121 cm³/mol. The third-order valence-corrected chi connectivity index (χ3v) is 4.99. The lowest BCUT2D eigenvalue weighted by Crippen LogP contribution is -2.45. The van der Waals surface area contributed by atoms with Gasteiger partial charge in [-0.2, -0.15) is 9.97 Å². The van der Waals surface area contributed by atoms with E-state index in [0.29, 0.717) is 23.0 Å². The Morgan fingerprint density at radius 3 is 1.77 bits per heavy atom. The number of aliphatic hydroxyl groups is 1. The minimum Gasteiger partial charge on any atom is -0.390 e. The molecule has 166 valence electrons. The van der Waals surface area contributed by atoms with Crippen molar-refractivity contribution in [3.8, 4) is 0 Å². The summed E-state index contributed by atoms with van der Waals surface area (Å²) in [7, 11) is 0. The Morgan fingerprint density at radius 1 is 0.839 bits per heavy atom. The van der Waals surface area contributed by atoms with Gasteiger partial charge in [0.1, 0.15) is 0 Å². The van der Waals surface area contributed by atoms with Gasteiger partial charge < -0.3 is 27.2 Å². The van der Waals surface area contributed by atoms with Gasteiger partial charge in [-0.05, 0) is 34.6 Å². The number of aromatic amines is 2. The maximum absolute atomic E-state index is 11.6. The van der Waals surface area contributed by atoms with Crippen molar-refractivity contribution in [2.75, 3.05) is 28.7 Å². The predicted octanol–water partition coefficient (Wildman–Crippen LogP) is 0.270. The highest BCUT2D eigenvalue weighted by Gasteiger charge is 2.31. The monoisotopic (exact) mass is 430 g/mol. The first-order chi connectivity index (χ1) is 14.3. The van der Waals surface area contributed by atoms with Crippen LogP contribution in [0.4, 0.5) is 34.9 Å². The van der Waals surface area contributed by atoms with Crippen LogP contribution in [0, 0.1) is 0 Å². The van der Waals surface area contributed by atoms with Gasteiger partial charge in [0.05, 0.1) is 23.4 Å². The molecule has 9 N–H and O–H groups in total. The standard InChI is InChI=1S/C9H13N5O2.C9H13N5O/c1-9(2)4(3-15)11-5-6(14-9)12-8(10)13-7(5)16;1-4-9(2,3)14-6-5(11-4)7(15)13-8(10)12-6/h15H,3H2,1-2H3,(H4,10,12,13,14,16);1-3H3,(H4,10,12,13,14,15). The molecule has 0 atom stereocenters. The molecule has 0 radical (unpaired) electrons. The molecule has 0 unspecified atom stereocenters. The van der Waals surface area contributed by atoms with Crippen LogP contribution in [0.15, 0.2) is 19.6 Å². The van der Waals surface area contributed by atoms with Crippen LogP contribution in [0.1, 0.15) is 34.6 Å². The Kier molecular flexibility index (Phi) is 5.31. The topological polar surface area (TPSA) is 213 Å². The van der Waals surface area contributed by atoms with Crippen LogP contribution in [0.3, 0.4) is 0 Å². The molecule has 4 heterocycles. The van der Waals surface area contributed by atoms with E-state index in [0.717, 1.165) is 5.71 Å². The van der Waals surface area contributed by atoms with Crippen molar-refractivity contribution in [3.05, 3.63) is 20.7 Å². The normalized spacial score (nSPS) is 17.5. The number of rotatable bonds is 1. The second-order valence-electron chi connectivity index (χ2n) is 8.21. The van der Waals surface area contributed by atoms with Crippen LogP contribution in [-0.2, 0) is 0 Å². The van der Waals surface area contributed by atoms with Crippen molar-refractivity contribution in [1.82, 2.24) is 19.9 Å². The van der Waals surface area contributed by atoms with Crippen molar-refractivity contribution < 1.29 is 5.11 Å². The first-order valence-corrected chi connectivity index (χ1v) is 9.44. The SMILES string of the molecule is CC1(C)Nc2nc(N)[nH]c(=O)c2N=C1CO.CC1=Nc2c(nc(N)[nH]c2=O)NC1(C)C. The smallest absolute Gasteiger partial charge is 0.280 e. The quantitative estimate of drug-likeness (QED) is 0.330. The molecule has 0 amide bonds. The zero-order valence-corrected chi connectivity index (χ0v) is 17.9. The maximum atomic E-state index is 11.6. The van der Waals surface area contributed by atoms with E-state index in [4.69, 9.17) is 16.6 Å². The molecule has 4 rings (SSSR count). The van der Waals surface area contributed by atoms with Crippen molar-refractivity contribution in [3.63, 3.8) is 0 Å². The number of nitrogens with one attached hydrogen (secondary N) is 4. The Balaban J connectivity index is 0.000000176. The molecular formula is C18H26N10O3. The molecule has 2 aromatic rings. The molecule has 0 aliphatic carbocycles. The summed E-state index contributed by atoms with van der Waals surface area (Å²) in [5, 5.41) is 15.3. The van der Waals surface area contributed by atoms with Crippen LogP contribution >= 0.6 is 0 Å². The van der Waals surface area contributed by atoms with Gasteiger partial charge in [0.15, 0.2) is 23.0 Å². The lowest BCUT2D eigenvalue weighted by Gasteiger charge is -2.31. The lowest BCUT2D eigenvalue weighted by molar-refractivity contribution is 0.349. The molecule has 13 heteroatoms. The fraction of sp³-hybridized carbons (Fsp3) is 0.444. The summed E-state index contributed by atoms with van der Waals surface area (Å²) in [5.41, 5.74) is 11.1. The highest BCUT2D eigenvalue weighted by molar-refractivity contribution is 6.01. The molecule has 0 fully saturated rings. The number of aliphatic imine (C=N–C) groups is 2. The number of hydrogen-bond acceptors (Lipinski definition) is 11. The molecule has 0 spiro atoms. The molecule has 2 aromatic heterocycles. The highest BCUT2D eigenvalue weighted by Crippen LogP contribution is 2.29. The van der Waals surface area contributed by atoms with Crippen molar-refractivity contribution in [2.45, 2.75) is 45.7 Å². The Labute approximate surface area is 177 Å². The van der Waals surface area contributed by atoms with E-state index in [1.807, 2.05) is 34.6 Å². The number of aromatic nitrogens is 4. The average Bonchev–Trinajstić information content (AvgIpc) is 2.62. The number of anilines is 4. The molecule has 0 saturated heterocycles. The minimum absolute atomic E-state index is 0.0368. The summed E-state index contributed by atoms with van der Waals surface area (Å²) in [4.78, 5) is 44.1. The molecule has 31 heavy (non-hydrogen) atoms.